The monoisotopic (exact) mass is 224 g/mol. The Hall–Kier alpha value is -0.970. The number of halogens is 1. The van der Waals surface area contributed by atoms with Crippen molar-refractivity contribution in [2.24, 2.45) is 0 Å². The predicted octanol–water partition coefficient (Wildman–Crippen LogP) is 1.46. The first-order valence-electron chi connectivity index (χ1n) is 5.46. The van der Waals surface area contributed by atoms with Crippen LogP contribution in [0.3, 0.4) is 0 Å². The molecular weight excluding hydrogens is 211 g/mol. The van der Waals surface area contributed by atoms with Gasteiger partial charge in [0.1, 0.15) is 5.82 Å². The topological polar surface area (TPSA) is 38.7 Å². The van der Waals surface area contributed by atoms with E-state index < -0.39 is 5.79 Å². The lowest BCUT2D eigenvalue weighted by Crippen LogP contribution is -2.23. The van der Waals surface area contributed by atoms with E-state index in [1.807, 2.05) is 0 Å². The molecule has 3 nitrogen and oxygen atoms in total. The lowest BCUT2D eigenvalue weighted by atomic mass is 10.0. The molecule has 1 N–H and O–H groups in total. The summed E-state index contributed by atoms with van der Waals surface area (Å²) in [6, 6.07) is 3.17. The minimum atomic E-state index is -0.749. The van der Waals surface area contributed by atoms with Crippen molar-refractivity contribution in [2.75, 3.05) is 13.2 Å². The van der Waals surface area contributed by atoms with Gasteiger partial charge in [-0.3, -0.25) is 0 Å². The van der Waals surface area contributed by atoms with Gasteiger partial charge in [-0.05, 0) is 29.7 Å². The standard InChI is InChI=1S/C12H13FO3/c13-11-6-8(7-14)5-10-9(11)1-2-12(10)15-3-4-16-12/h5-6,14H,1-4,7H2. The number of ether oxygens (including phenoxy) is 2. The predicted molar refractivity (Wildman–Crippen MR) is 54.2 cm³/mol. The minimum Gasteiger partial charge on any atom is -0.392 e. The maximum absolute atomic E-state index is 13.8. The van der Waals surface area contributed by atoms with Gasteiger partial charge in [-0.25, -0.2) is 4.39 Å². The van der Waals surface area contributed by atoms with E-state index in [-0.39, 0.29) is 12.4 Å². The van der Waals surface area contributed by atoms with Gasteiger partial charge in [0, 0.05) is 12.0 Å². The minimum absolute atomic E-state index is 0.166. The molecule has 0 amide bonds. The third-order valence-electron chi connectivity index (χ3n) is 3.31. The summed E-state index contributed by atoms with van der Waals surface area (Å²) in [5.74, 6) is -1.01. The zero-order valence-electron chi connectivity index (χ0n) is 8.83. The van der Waals surface area contributed by atoms with Crippen LogP contribution in [-0.4, -0.2) is 18.3 Å². The highest BCUT2D eigenvalue weighted by molar-refractivity contribution is 5.40. The molecule has 1 aromatic rings. The average molecular weight is 224 g/mol. The number of aliphatic hydroxyl groups excluding tert-OH is 1. The molecule has 0 aromatic heterocycles. The normalized spacial score (nSPS) is 21.6. The van der Waals surface area contributed by atoms with Crippen LogP contribution in [0.5, 0.6) is 0 Å². The van der Waals surface area contributed by atoms with Crippen LogP contribution in [0, 0.1) is 5.82 Å². The summed E-state index contributed by atoms with van der Waals surface area (Å²) >= 11 is 0. The number of rotatable bonds is 1. The molecule has 0 unspecified atom stereocenters. The molecule has 1 aliphatic heterocycles. The smallest absolute Gasteiger partial charge is 0.195 e. The molecule has 1 fully saturated rings. The molecule has 2 aliphatic rings. The van der Waals surface area contributed by atoms with E-state index in [0.717, 1.165) is 5.56 Å². The third-order valence-corrected chi connectivity index (χ3v) is 3.31. The molecule has 0 saturated carbocycles. The highest BCUT2D eigenvalue weighted by Gasteiger charge is 2.45. The van der Waals surface area contributed by atoms with E-state index in [1.54, 1.807) is 6.07 Å². The van der Waals surface area contributed by atoms with E-state index in [9.17, 15) is 4.39 Å². The molecule has 1 saturated heterocycles. The van der Waals surface area contributed by atoms with Gasteiger partial charge in [0.2, 0.25) is 0 Å². The quantitative estimate of drug-likeness (QED) is 0.785. The second-order valence-electron chi connectivity index (χ2n) is 4.21. The van der Waals surface area contributed by atoms with Crippen molar-refractivity contribution in [3.8, 4) is 0 Å². The summed E-state index contributed by atoms with van der Waals surface area (Å²) in [6.07, 6.45) is 1.29. The Bertz CT molecular complexity index is 425. The molecule has 1 heterocycles. The molecular formula is C12H13FO3. The molecule has 0 bridgehead atoms. The van der Waals surface area contributed by atoms with E-state index in [1.165, 1.54) is 6.07 Å². The Morgan fingerprint density at radius 3 is 2.75 bits per heavy atom. The number of benzene rings is 1. The van der Waals surface area contributed by atoms with Crippen LogP contribution in [0.4, 0.5) is 4.39 Å². The SMILES string of the molecule is OCc1cc(F)c2c(c1)C1(CC2)OCCO1. The van der Waals surface area contributed by atoms with Crippen molar-refractivity contribution in [1.82, 2.24) is 0 Å². The Morgan fingerprint density at radius 1 is 1.31 bits per heavy atom. The van der Waals surface area contributed by atoms with E-state index >= 15 is 0 Å². The van der Waals surface area contributed by atoms with Crippen molar-refractivity contribution in [3.63, 3.8) is 0 Å². The zero-order chi connectivity index (χ0) is 11.2. The molecule has 1 aliphatic carbocycles. The Labute approximate surface area is 92.8 Å². The maximum atomic E-state index is 13.8. The summed E-state index contributed by atoms with van der Waals surface area (Å²) in [6.45, 7) is 0.926. The fraction of sp³-hybridized carbons (Fsp3) is 0.500. The van der Waals surface area contributed by atoms with Crippen molar-refractivity contribution in [2.45, 2.75) is 25.2 Å². The Kier molecular flexibility index (Phi) is 2.24. The third kappa shape index (κ3) is 1.30. The Balaban J connectivity index is 2.13. The average Bonchev–Trinajstić information content (AvgIpc) is 2.89. The van der Waals surface area contributed by atoms with Crippen LogP contribution in [0.2, 0.25) is 0 Å². The van der Waals surface area contributed by atoms with Crippen LogP contribution in [0.25, 0.3) is 0 Å². The first kappa shape index (κ1) is 10.2. The second-order valence-corrected chi connectivity index (χ2v) is 4.21. The van der Waals surface area contributed by atoms with Gasteiger partial charge < -0.3 is 14.6 Å². The summed E-state index contributed by atoms with van der Waals surface area (Å²) in [7, 11) is 0. The number of hydrogen-bond acceptors (Lipinski definition) is 3. The van der Waals surface area contributed by atoms with Gasteiger partial charge in [0.15, 0.2) is 5.79 Å². The lowest BCUT2D eigenvalue weighted by Gasteiger charge is -2.23. The van der Waals surface area contributed by atoms with Crippen LogP contribution >= 0.6 is 0 Å². The van der Waals surface area contributed by atoms with Gasteiger partial charge >= 0.3 is 0 Å². The fourth-order valence-electron chi connectivity index (χ4n) is 2.56. The summed E-state index contributed by atoms with van der Waals surface area (Å²) in [5.41, 5.74) is 1.99. The second kappa shape index (κ2) is 3.52. The molecule has 1 aromatic carbocycles. The zero-order valence-corrected chi connectivity index (χ0v) is 8.83. The molecule has 3 rings (SSSR count). The molecule has 86 valence electrons. The summed E-state index contributed by atoms with van der Waals surface area (Å²) in [5, 5.41) is 9.08. The van der Waals surface area contributed by atoms with Crippen molar-refractivity contribution >= 4 is 0 Å². The molecule has 16 heavy (non-hydrogen) atoms. The number of hydrogen-bond donors (Lipinski definition) is 1. The summed E-state index contributed by atoms with van der Waals surface area (Å²) in [4.78, 5) is 0. The number of fused-ring (bicyclic) bond motifs is 2. The molecule has 4 heteroatoms. The summed E-state index contributed by atoms with van der Waals surface area (Å²) < 4.78 is 25.0. The van der Waals surface area contributed by atoms with Gasteiger partial charge in [-0.15, -0.1) is 0 Å². The first-order chi connectivity index (χ1) is 7.75. The lowest BCUT2D eigenvalue weighted by molar-refractivity contribution is -0.163. The van der Waals surface area contributed by atoms with Gasteiger partial charge in [0.05, 0.1) is 19.8 Å². The van der Waals surface area contributed by atoms with E-state index in [2.05, 4.69) is 0 Å². The molecule has 0 radical (unpaired) electrons. The van der Waals surface area contributed by atoms with Crippen molar-refractivity contribution in [3.05, 3.63) is 34.6 Å². The van der Waals surface area contributed by atoms with Crippen LogP contribution in [0.1, 0.15) is 23.1 Å². The van der Waals surface area contributed by atoms with Gasteiger partial charge in [-0.2, -0.15) is 0 Å². The highest BCUT2D eigenvalue weighted by Crippen LogP contribution is 2.44. The van der Waals surface area contributed by atoms with Crippen LogP contribution in [0.15, 0.2) is 12.1 Å². The van der Waals surface area contributed by atoms with E-state index in [4.69, 9.17) is 14.6 Å². The fourth-order valence-corrected chi connectivity index (χ4v) is 2.56. The molecule has 0 atom stereocenters. The van der Waals surface area contributed by atoms with Crippen molar-refractivity contribution in [1.29, 1.82) is 0 Å². The van der Waals surface area contributed by atoms with Crippen molar-refractivity contribution < 1.29 is 19.0 Å². The number of aliphatic hydroxyl groups is 1. The molecule has 1 spiro atoms. The van der Waals surface area contributed by atoms with Gasteiger partial charge in [0.25, 0.3) is 0 Å². The first-order valence-corrected chi connectivity index (χ1v) is 5.46. The largest absolute Gasteiger partial charge is 0.392 e. The maximum Gasteiger partial charge on any atom is 0.195 e. The van der Waals surface area contributed by atoms with Crippen LogP contribution < -0.4 is 0 Å². The van der Waals surface area contributed by atoms with Gasteiger partial charge in [-0.1, -0.05) is 0 Å². The highest BCUT2D eigenvalue weighted by atomic mass is 19.1. The van der Waals surface area contributed by atoms with E-state index in [0.29, 0.717) is 37.2 Å². The van der Waals surface area contributed by atoms with Crippen LogP contribution in [-0.2, 0) is 28.3 Å². The Morgan fingerprint density at radius 2 is 2.06 bits per heavy atom.